The molecule has 0 spiro atoms. The largest absolute Gasteiger partial charge is 0.504 e. The maximum atomic E-state index is 10.4. The lowest BCUT2D eigenvalue weighted by Crippen LogP contribution is -2.36. The molecule has 0 unspecified atom stereocenters. The smallest absolute Gasteiger partial charge is 0.320 e. The van der Waals surface area contributed by atoms with Crippen LogP contribution in [0.25, 0.3) is 0 Å². The van der Waals surface area contributed by atoms with Crippen molar-refractivity contribution in [2.45, 2.75) is 12.5 Å². The molecule has 0 amide bonds. The van der Waals surface area contributed by atoms with E-state index < -0.39 is 12.0 Å². The lowest BCUT2D eigenvalue weighted by atomic mass is 10.1. The van der Waals surface area contributed by atoms with E-state index in [1.807, 2.05) is 0 Å². The summed E-state index contributed by atoms with van der Waals surface area (Å²) < 4.78 is 0.844. The summed E-state index contributed by atoms with van der Waals surface area (Å²) in [5.74, 6) is -1.62. The van der Waals surface area contributed by atoms with E-state index in [1.165, 1.54) is 18.2 Å². The number of aliphatic hydroxyl groups excluding tert-OH is 1. The third-order valence-corrected chi connectivity index (χ3v) is 2.58. The van der Waals surface area contributed by atoms with Crippen LogP contribution < -0.4 is 5.73 Å². The van der Waals surface area contributed by atoms with Crippen LogP contribution in [0, 0.1) is 0 Å². The molecule has 0 saturated heterocycles. The summed E-state index contributed by atoms with van der Waals surface area (Å²) >= 11 is 0. The minimum absolute atomic E-state index is 0.114. The number of carboxylic acids is 1. The molecule has 0 aliphatic rings. The average Bonchev–Trinajstić information content (AvgIpc) is 2.33. The predicted molar refractivity (Wildman–Crippen MR) is 79.1 cm³/mol. The van der Waals surface area contributed by atoms with Crippen LogP contribution in [0.2, 0.25) is 0 Å². The number of aliphatic hydroxyl groups is 1. The Morgan fingerprint density at radius 1 is 1.24 bits per heavy atom. The van der Waals surface area contributed by atoms with Gasteiger partial charge in [-0.15, -0.1) is 0 Å². The van der Waals surface area contributed by atoms with Gasteiger partial charge < -0.3 is 30.6 Å². The van der Waals surface area contributed by atoms with E-state index in [1.54, 1.807) is 0 Å². The second kappa shape index (κ2) is 8.46. The van der Waals surface area contributed by atoms with Crippen LogP contribution >= 0.6 is 0 Å². The number of phenolic OH excluding ortho intramolecular Hbond substituents is 2. The first kappa shape index (κ1) is 19.2. The van der Waals surface area contributed by atoms with E-state index in [-0.39, 0.29) is 24.5 Å². The van der Waals surface area contributed by atoms with Gasteiger partial charge in [0.05, 0.1) is 27.7 Å². The normalized spacial score (nSPS) is 12.2. The second-order valence-corrected chi connectivity index (χ2v) is 5.71. The van der Waals surface area contributed by atoms with Gasteiger partial charge in [-0.3, -0.25) is 4.79 Å². The molecule has 7 heteroatoms. The Balaban J connectivity index is 0.000000486. The van der Waals surface area contributed by atoms with Crippen molar-refractivity contribution in [1.82, 2.24) is 0 Å². The van der Waals surface area contributed by atoms with Crippen molar-refractivity contribution >= 4 is 5.97 Å². The fraction of sp³-hybridized carbons (Fsp3) is 0.500. The van der Waals surface area contributed by atoms with E-state index in [9.17, 15) is 4.79 Å². The van der Waals surface area contributed by atoms with Gasteiger partial charge >= 0.3 is 5.97 Å². The predicted octanol–water partition coefficient (Wildman–Crippen LogP) is -0.263. The number of hydrogen-bond acceptors (Lipinski definition) is 5. The topological polar surface area (TPSA) is 124 Å². The van der Waals surface area contributed by atoms with Crippen molar-refractivity contribution in [1.29, 1.82) is 0 Å². The average molecular weight is 301 g/mol. The summed E-state index contributed by atoms with van der Waals surface area (Å²) in [6, 6.07) is 3.09. The van der Waals surface area contributed by atoms with E-state index >= 15 is 0 Å². The number of nitrogens with two attached hydrogens (primary N) is 1. The highest BCUT2D eigenvalue weighted by Crippen LogP contribution is 2.25. The fourth-order valence-corrected chi connectivity index (χ4v) is 1.34. The molecule has 1 atom stereocenters. The Morgan fingerprint density at radius 3 is 2.14 bits per heavy atom. The Hall–Kier alpha value is -1.83. The number of carboxylic acid groups (broad SMARTS) is 1. The Labute approximate surface area is 124 Å². The van der Waals surface area contributed by atoms with Crippen LogP contribution in [0.1, 0.15) is 5.56 Å². The van der Waals surface area contributed by atoms with Gasteiger partial charge in [0.2, 0.25) is 0 Å². The third-order valence-electron chi connectivity index (χ3n) is 2.58. The SMILES string of the molecule is C[N+](C)(C)CCO.N[C@@H](Cc1ccc(O)c(O)c1)C(=O)O. The van der Waals surface area contributed by atoms with Crippen LogP contribution in [0.3, 0.4) is 0 Å². The van der Waals surface area contributed by atoms with Crippen molar-refractivity contribution in [3.63, 3.8) is 0 Å². The Morgan fingerprint density at radius 2 is 1.81 bits per heavy atom. The molecular formula is C14H25N2O5+. The van der Waals surface area contributed by atoms with E-state index in [4.69, 9.17) is 26.2 Å². The molecule has 1 rings (SSSR count). The zero-order valence-electron chi connectivity index (χ0n) is 12.7. The molecule has 0 aliphatic carbocycles. The molecule has 120 valence electrons. The number of rotatable bonds is 5. The van der Waals surface area contributed by atoms with E-state index in [2.05, 4.69) is 21.1 Å². The maximum absolute atomic E-state index is 10.4. The van der Waals surface area contributed by atoms with Gasteiger partial charge in [0.25, 0.3) is 0 Å². The molecule has 0 heterocycles. The molecule has 0 aromatic heterocycles. The molecule has 0 saturated carbocycles. The quantitative estimate of drug-likeness (QED) is 0.377. The lowest BCUT2D eigenvalue weighted by Gasteiger charge is -2.21. The van der Waals surface area contributed by atoms with Crippen LogP contribution in [0.15, 0.2) is 18.2 Å². The summed E-state index contributed by atoms with van der Waals surface area (Å²) in [6.45, 7) is 1.11. The number of carbonyl (C=O) groups is 1. The van der Waals surface area contributed by atoms with Gasteiger partial charge in [-0.05, 0) is 24.1 Å². The standard InChI is InChI=1S/C9H11NO4.C5H14NO/c10-6(9(13)14)3-5-1-2-7(11)8(12)4-5;1-6(2,3)4-5-7/h1-2,4,6,11-12H,3,10H2,(H,13,14);7H,4-5H2,1-3H3/q;+1/t6-;/m0./s1. The lowest BCUT2D eigenvalue weighted by molar-refractivity contribution is -0.870. The summed E-state index contributed by atoms with van der Waals surface area (Å²) in [6.07, 6.45) is 0.114. The van der Waals surface area contributed by atoms with Crippen molar-refractivity contribution < 1.29 is 29.7 Å². The summed E-state index contributed by atoms with van der Waals surface area (Å²) in [5, 5.41) is 35.0. The minimum atomic E-state index is -1.10. The number of aliphatic carboxylic acids is 1. The number of nitrogens with zero attached hydrogens (tertiary/aromatic N) is 1. The van der Waals surface area contributed by atoms with Gasteiger partial charge in [0, 0.05) is 0 Å². The first-order chi connectivity index (χ1) is 9.56. The highest BCUT2D eigenvalue weighted by molar-refractivity contribution is 5.73. The number of hydrogen-bond donors (Lipinski definition) is 5. The zero-order valence-corrected chi connectivity index (χ0v) is 12.7. The van der Waals surface area contributed by atoms with Gasteiger partial charge in [0.1, 0.15) is 12.6 Å². The van der Waals surface area contributed by atoms with Gasteiger partial charge in [-0.2, -0.15) is 0 Å². The molecule has 0 aliphatic heterocycles. The molecule has 0 radical (unpaired) electrons. The van der Waals surface area contributed by atoms with Crippen molar-refractivity contribution in [2.24, 2.45) is 5.73 Å². The molecular weight excluding hydrogens is 276 g/mol. The first-order valence-corrected chi connectivity index (χ1v) is 6.47. The highest BCUT2D eigenvalue weighted by Gasteiger charge is 2.12. The van der Waals surface area contributed by atoms with Crippen LogP contribution in [-0.2, 0) is 11.2 Å². The zero-order chi connectivity index (χ0) is 16.6. The molecule has 0 bridgehead atoms. The second-order valence-electron chi connectivity index (χ2n) is 5.71. The Kier molecular flexibility index (Phi) is 7.72. The maximum Gasteiger partial charge on any atom is 0.320 e. The van der Waals surface area contributed by atoms with Crippen molar-refractivity contribution in [3.05, 3.63) is 23.8 Å². The van der Waals surface area contributed by atoms with Gasteiger partial charge in [-0.25, -0.2) is 0 Å². The summed E-state index contributed by atoms with van der Waals surface area (Å²) in [7, 11) is 6.16. The molecule has 1 aromatic carbocycles. The van der Waals surface area contributed by atoms with Crippen LogP contribution in [-0.4, -0.2) is 71.2 Å². The molecule has 0 fully saturated rings. The number of benzene rings is 1. The summed E-state index contributed by atoms with van der Waals surface area (Å²) in [4.78, 5) is 10.4. The minimum Gasteiger partial charge on any atom is -0.504 e. The monoisotopic (exact) mass is 301 g/mol. The van der Waals surface area contributed by atoms with E-state index in [0.717, 1.165) is 11.0 Å². The van der Waals surface area contributed by atoms with E-state index in [0.29, 0.717) is 5.56 Å². The molecule has 21 heavy (non-hydrogen) atoms. The number of phenols is 2. The van der Waals surface area contributed by atoms with Crippen molar-refractivity contribution in [2.75, 3.05) is 34.3 Å². The fourth-order valence-electron chi connectivity index (χ4n) is 1.34. The number of quaternary nitrogens is 1. The van der Waals surface area contributed by atoms with Crippen molar-refractivity contribution in [3.8, 4) is 11.5 Å². The third kappa shape index (κ3) is 8.85. The molecule has 1 aromatic rings. The van der Waals surface area contributed by atoms with Gasteiger partial charge in [0.15, 0.2) is 11.5 Å². The first-order valence-electron chi connectivity index (χ1n) is 6.47. The van der Waals surface area contributed by atoms with Gasteiger partial charge in [-0.1, -0.05) is 6.07 Å². The summed E-state index contributed by atoms with van der Waals surface area (Å²) in [5.41, 5.74) is 5.86. The molecule has 6 N–H and O–H groups in total. The van der Waals surface area contributed by atoms with Crippen LogP contribution in [0.5, 0.6) is 11.5 Å². The van der Waals surface area contributed by atoms with Crippen LogP contribution in [0.4, 0.5) is 0 Å². The number of aromatic hydroxyl groups is 2. The highest BCUT2D eigenvalue weighted by atomic mass is 16.4. The number of likely N-dealkylation sites (N-methyl/N-ethyl adjacent to an activating group) is 1. The molecule has 7 nitrogen and oxygen atoms in total. The Bertz CT molecular complexity index is 457.